The minimum Gasteiger partial charge on any atom is -0.465 e. The van der Waals surface area contributed by atoms with E-state index in [-0.39, 0.29) is 19.7 Å². The van der Waals surface area contributed by atoms with Gasteiger partial charge in [-0.1, -0.05) is 30.3 Å². The monoisotopic (exact) mass is 393 g/mol. The second-order valence-corrected chi connectivity index (χ2v) is 7.58. The third-order valence-electron chi connectivity index (χ3n) is 4.10. The molecule has 1 heterocycles. The van der Waals surface area contributed by atoms with Crippen LogP contribution in [0.3, 0.4) is 0 Å². The Morgan fingerprint density at radius 1 is 1.11 bits per heavy atom. The number of hydrogen-bond acceptors (Lipinski definition) is 5. The van der Waals surface area contributed by atoms with Crippen LogP contribution in [0.15, 0.2) is 30.3 Å². The van der Waals surface area contributed by atoms with Crippen molar-refractivity contribution in [3.05, 3.63) is 35.9 Å². The Labute approximate surface area is 164 Å². The molecule has 1 saturated heterocycles. The molecule has 9 heteroatoms. The lowest BCUT2D eigenvalue weighted by Gasteiger charge is -2.37. The smallest absolute Gasteiger partial charge is 0.408 e. The molecule has 28 heavy (non-hydrogen) atoms. The number of hydrogen-bond donors (Lipinski definition) is 3. The van der Waals surface area contributed by atoms with Crippen LogP contribution < -0.4 is 10.6 Å². The first-order valence-electron chi connectivity index (χ1n) is 9.08. The van der Waals surface area contributed by atoms with Gasteiger partial charge in [-0.15, -0.1) is 0 Å². The summed E-state index contributed by atoms with van der Waals surface area (Å²) in [5.41, 5.74) is 0.157. The third kappa shape index (κ3) is 6.98. The van der Waals surface area contributed by atoms with Gasteiger partial charge in [0.25, 0.3) is 0 Å². The van der Waals surface area contributed by atoms with Gasteiger partial charge in [0.2, 0.25) is 0 Å². The van der Waals surface area contributed by atoms with E-state index >= 15 is 0 Å². The number of nitrogens with one attached hydrogen (secondary N) is 2. The maximum Gasteiger partial charge on any atom is 0.408 e. The van der Waals surface area contributed by atoms with Crippen LogP contribution in [0.25, 0.3) is 0 Å². The summed E-state index contributed by atoms with van der Waals surface area (Å²) in [5.74, 6) is 0. The number of piperidine rings is 1. The van der Waals surface area contributed by atoms with E-state index in [4.69, 9.17) is 9.47 Å². The second-order valence-electron chi connectivity index (χ2n) is 7.58. The van der Waals surface area contributed by atoms with Gasteiger partial charge in [-0.25, -0.2) is 14.4 Å². The van der Waals surface area contributed by atoms with Crippen molar-refractivity contribution < 1.29 is 29.0 Å². The number of carbonyl (C=O) groups excluding carboxylic acids is 2. The maximum absolute atomic E-state index is 12.2. The van der Waals surface area contributed by atoms with Crippen LogP contribution in [0.1, 0.15) is 32.8 Å². The van der Waals surface area contributed by atoms with Gasteiger partial charge in [-0.2, -0.15) is 0 Å². The summed E-state index contributed by atoms with van der Waals surface area (Å²) in [4.78, 5) is 36.7. The summed E-state index contributed by atoms with van der Waals surface area (Å²) >= 11 is 0. The summed E-state index contributed by atoms with van der Waals surface area (Å²) in [5, 5.41) is 14.6. The van der Waals surface area contributed by atoms with Gasteiger partial charge in [0.1, 0.15) is 12.2 Å². The van der Waals surface area contributed by atoms with Crippen molar-refractivity contribution in [3.8, 4) is 0 Å². The molecule has 0 radical (unpaired) electrons. The zero-order chi connectivity index (χ0) is 20.7. The molecular weight excluding hydrogens is 366 g/mol. The molecular formula is C19H27N3O6. The third-order valence-corrected chi connectivity index (χ3v) is 4.10. The molecule has 2 atom stereocenters. The second kappa shape index (κ2) is 9.29. The van der Waals surface area contributed by atoms with Gasteiger partial charge in [0.05, 0.1) is 12.1 Å². The molecule has 0 bridgehead atoms. The van der Waals surface area contributed by atoms with Gasteiger partial charge >= 0.3 is 18.3 Å². The average Bonchev–Trinajstić information content (AvgIpc) is 2.60. The molecule has 1 aromatic carbocycles. The zero-order valence-electron chi connectivity index (χ0n) is 16.3. The van der Waals surface area contributed by atoms with Crippen LogP contribution in [0.4, 0.5) is 14.4 Å². The molecule has 1 fully saturated rings. The van der Waals surface area contributed by atoms with Crippen molar-refractivity contribution in [2.24, 2.45) is 0 Å². The van der Waals surface area contributed by atoms with E-state index in [1.807, 2.05) is 30.3 Å². The minimum absolute atomic E-state index is 0.0399. The number of carbonyl (C=O) groups is 3. The fourth-order valence-electron chi connectivity index (χ4n) is 2.82. The van der Waals surface area contributed by atoms with Gasteiger partial charge < -0.3 is 30.1 Å². The lowest BCUT2D eigenvalue weighted by Crippen LogP contribution is -2.61. The largest absolute Gasteiger partial charge is 0.465 e. The number of alkyl carbamates (subject to hydrolysis) is 2. The molecule has 0 saturated carbocycles. The van der Waals surface area contributed by atoms with E-state index in [0.717, 1.165) is 5.56 Å². The van der Waals surface area contributed by atoms with E-state index in [9.17, 15) is 19.5 Å². The van der Waals surface area contributed by atoms with E-state index in [1.54, 1.807) is 20.8 Å². The standard InChI is InChI=1S/C19H27N3O6/c1-19(2,3)28-17(24)21-15-11-22(18(25)26)10-9-14(15)20-16(23)27-12-13-7-5-4-6-8-13/h4-8,14-15H,9-12H2,1-3H3,(H,20,23)(H,21,24)(H,25,26)/t14-,15+/m0/s1. The summed E-state index contributed by atoms with van der Waals surface area (Å²) < 4.78 is 10.4. The molecule has 0 aliphatic carbocycles. The van der Waals surface area contributed by atoms with Crippen LogP contribution in [-0.4, -0.2) is 59.1 Å². The Hall–Kier alpha value is -2.97. The molecule has 1 aliphatic heterocycles. The van der Waals surface area contributed by atoms with Gasteiger partial charge in [0.15, 0.2) is 0 Å². The lowest BCUT2D eigenvalue weighted by molar-refractivity contribution is 0.0440. The molecule has 0 aromatic heterocycles. The molecule has 2 rings (SSSR count). The predicted molar refractivity (Wildman–Crippen MR) is 101 cm³/mol. The number of carboxylic acid groups (broad SMARTS) is 1. The van der Waals surface area contributed by atoms with Crippen LogP contribution in [-0.2, 0) is 16.1 Å². The summed E-state index contributed by atoms with van der Waals surface area (Å²) in [6.07, 6.45) is -2.04. The number of ether oxygens (including phenoxy) is 2. The molecule has 1 aromatic rings. The lowest BCUT2D eigenvalue weighted by atomic mass is 10.00. The highest BCUT2D eigenvalue weighted by Gasteiger charge is 2.34. The quantitative estimate of drug-likeness (QED) is 0.724. The van der Waals surface area contributed by atoms with E-state index in [1.165, 1.54) is 4.90 Å². The predicted octanol–water partition coefficient (Wildman–Crippen LogP) is 2.56. The molecule has 3 amide bonds. The van der Waals surface area contributed by atoms with Crippen molar-refractivity contribution in [2.75, 3.05) is 13.1 Å². The maximum atomic E-state index is 12.2. The van der Waals surface area contributed by atoms with Crippen molar-refractivity contribution in [1.82, 2.24) is 15.5 Å². The number of likely N-dealkylation sites (tertiary alicyclic amines) is 1. The molecule has 154 valence electrons. The van der Waals surface area contributed by atoms with Crippen LogP contribution in [0, 0.1) is 0 Å². The summed E-state index contributed by atoms with van der Waals surface area (Å²) in [7, 11) is 0. The van der Waals surface area contributed by atoms with E-state index < -0.39 is 36.0 Å². The summed E-state index contributed by atoms with van der Waals surface area (Å²) in [6, 6.07) is 8.12. The molecule has 3 N–H and O–H groups in total. The fraction of sp³-hybridized carbons (Fsp3) is 0.526. The molecule has 0 spiro atoms. The van der Waals surface area contributed by atoms with Crippen molar-refractivity contribution in [2.45, 2.75) is 51.5 Å². The van der Waals surface area contributed by atoms with E-state index in [2.05, 4.69) is 10.6 Å². The molecule has 0 unspecified atom stereocenters. The minimum atomic E-state index is -1.08. The van der Waals surface area contributed by atoms with Crippen LogP contribution in [0.5, 0.6) is 0 Å². The number of amides is 3. The van der Waals surface area contributed by atoms with E-state index in [0.29, 0.717) is 6.42 Å². The SMILES string of the molecule is CC(C)(C)OC(=O)N[C@@H]1CN(C(=O)O)CC[C@@H]1NC(=O)OCc1ccccc1. The highest BCUT2D eigenvalue weighted by Crippen LogP contribution is 2.14. The first-order valence-corrected chi connectivity index (χ1v) is 9.08. The number of benzene rings is 1. The highest BCUT2D eigenvalue weighted by atomic mass is 16.6. The van der Waals surface area contributed by atoms with Gasteiger partial charge in [0, 0.05) is 13.1 Å². The van der Waals surface area contributed by atoms with Crippen molar-refractivity contribution in [1.29, 1.82) is 0 Å². The first-order chi connectivity index (χ1) is 13.1. The summed E-state index contributed by atoms with van der Waals surface area (Å²) in [6.45, 7) is 5.59. The first kappa shape index (κ1) is 21.3. The van der Waals surface area contributed by atoms with Crippen LogP contribution in [0.2, 0.25) is 0 Å². The number of rotatable bonds is 4. The normalized spacial score (nSPS) is 19.5. The topological polar surface area (TPSA) is 117 Å². The fourth-order valence-corrected chi connectivity index (χ4v) is 2.82. The Balaban J connectivity index is 1.95. The number of nitrogens with zero attached hydrogens (tertiary/aromatic N) is 1. The average molecular weight is 393 g/mol. The molecule has 9 nitrogen and oxygen atoms in total. The van der Waals surface area contributed by atoms with Crippen LogP contribution >= 0.6 is 0 Å². The molecule has 1 aliphatic rings. The van der Waals surface area contributed by atoms with Crippen molar-refractivity contribution in [3.63, 3.8) is 0 Å². The van der Waals surface area contributed by atoms with Crippen molar-refractivity contribution >= 4 is 18.3 Å². The highest BCUT2D eigenvalue weighted by molar-refractivity contribution is 5.70. The van der Waals surface area contributed by atoms with Gasteiger partial charge in [-0.3, -0.25) is 0 Å². The Kier molecular flexibility index (Phi) is 7.08. The van der Waals surface area contributed by atoms with Gasteiger partial charge in [-0.05, 0) is 32.8 Å². The Morgan fingerprint density at radius 2 is 1.75 bits per heavy atom. The Morgan fingerprint density at radius 3 is 2.36 bits per heavy atom. The Bertz CT molecular complexity index is 689. The zero-order valence-corrected chi connectivity index (χ0v) is 16.3.